The molecule has 12 heteroatoms. The maximum Gasteiger partial charge on any atom is 0.340 e. The molecule has 4 N–H and O–H groups in total. The number of rotatable bonds is 16. The van der Waals surface area contributed by atoms with Gasteiger partial charge in [0, 0.05) is 24.7 Å². The van der Waals surface area contributed by atoms with Crippen LogP contribution in [0.4, 0.5) is 0 Å². The molecule has 2 aromatic carbocycles. The van der Waals surface area contributed by atoms with Crippen LogP contribution in [0.25, 0.3) is 0 Å². The number of carboxylic acid groups (broad SMARTS) is 2. The molecule has 0 aliphatic rings. The van der Waals surface area contributed by atoms with E-state index in [1.807, 2.05) is 18.2 Å². The molecule has 2 amide bonds. The van der Waals surface area contributed by atoms with Crippen molar-refractivity contribution in [2.24, 2.45) is 5.92 Å². The highest BCUT2D eigenvalue weighted by molar-refractivity contribution is 8.77. The van der Waals surface area contributed by atoms with Crippen LogP contribution in [0.3, 0.4) is 0 Å². The second kappa shape index (κ2) is 15.1. The highest BCUT2D eigenvalue weighted by Gasteiger charge is 2.61. The molecule has 0 bridgehead atoms. The highest BCUT2D eigenvalue weighted by atomic mass is 33.1. The van der Waals surface area contributed by atoms with Gasteiger partial charge >= 0.3 is 11.9 Å². The number of ether oxygens (including phenoxy) is 2. The van der Waals surface area contributed by atoms with Gasteiger partial charge in [0.2, 0.25) is 5.54 Å². The van der Waals surface area contributed by atoms with Crippen molar-refractivity contribution in [2.45, 2.75) is 54.5 Å². The van der Waals surface area contributed by atoms with E-state index in [4.69, 9.17) is 9.47 Å². The van der Waals surface area contributed by atoms with Gasteiger partial charge in [-0.2, -0.15) is 0 Å². The van der Waals surface area contributed by atoms with Crippen molar-refractivity contribution in [2.75, 3.05) is 20.8 Å². The fraction of sp³-hybridized carbons (Fsp3) is 0.429. The van der Waals surface area contributed by atoms with E-state index in [1.54, 1.807) is 51.1 Å². The maximum atomic E-state index is 14.1. The van der Waals surface area contributed by atoms with Crippen molar-refractivity contribution < 1.29 is 38.9 Å². The van der Waals surface area contributed by atoms with E-state index >= 15 is 0 Å². The molecule has 4 unspecified atom stereocenters. The van der Waals surface area contributed by atoms with Crippen LogP contribution in [-0.2, 0) is 23.9 Å². The number of hydrogen-bond donors (Lipinski definition) is 4. The average molecular weight is 593 g/mol. The first-order valence-electron chi connectivity index (χ1n) is 12.5. The Hall–Kier alpha value is -3.06. The predicted octanol–water partition coefficient (Wildman–Crippen LogP) is 3.72. The summed E-state index contributed by atoms with van der Waals surface area (Å²) in [5.74, 6) is -5.17. The Morgan fingerprint density at radius 1 is 0.950 bits per heavy atom. The smallest absolute Gasteiger partial charge is 0.340 e. The van der Waals surface area contributed by atoms with Gasteiger partial charge in [-0.1, -0.05) is 71.8 Å². The molecule has 2 aromatic rings. The van der Waals surface area contributed by atoms with Crippen molar-refractivity contribution in [3.63, 3.8) is 0 Å². The molecule has 2 rings (SSSR count). The molecule has 0 saturated carbocycles. The highest BCUT2D eigenvalue weighted by Crippen LogP contribution is 2.45. The Labute approximate surface area is 242 Å². The summed E-state index contributed by atoms with van der Waals surface area (Å²) < 4.78 is 11.1. The predicted molar refractivity (Wildman–Crippen MR) is 154 cm³/mol. The van der Waals surface area contributed by atoms with Gasteiger partial charge in [0.15, 0.2) is 0 Å². The molecular weight excluding hydrogens is 556 g/mol. The number of methoxy groups -OCH3 is 2. The summed E-state index contributed by atoms with van der Waals surface area (Å²) in [6.45, 7) is 4.98. The summed E-state index contributed by atoms with van der Waals surface area (Å²) in [4.78, 5) is 53.6. The number of carboxylic acids is 2. The Morgan fingerprint density at radius 3 is 2.00 bits per heavy atom. The van der Waals surface area contributed by atoms with Crippen LogP contribution < -0.4 is 10.6 Å². The van der Waals surface area contributed by atoms with E-state index in [2.05, 4.69) is 10.6 Å². The lowest BCUT2D eigenvalue weighted by Gasteiger charge is -2.44. The minimum atomic E-state index is -2.69. The monoisotopic (exact) mass is 592 g/mol. The van der Waals surface area contributed by atoms with E-state index in [0.29, 0.717) is 0 Å². The fourth-order valence-corrected chi connectivity index (χ4v) is 7.30. The normalized spacial score (nSPS) is 15.8. The number of nitrogens with one attached hydrogen (secondary N) is 2. The van der Waals surface area contributed by atoms with Crippen LogP contribution in [0.5, 0.6) is 0 Å². The van der Waals surface area contributed by atoms with Crippen LogP contribution >= 0.6 is 21.6 Å². The molecule has 0 aliphatic heterocycles. The van der Waals surface area contributed by atoms with Crippen LogP contribution in [0.2, 0.25) is 0 Å². The molecule has 40 heavy (non-hydrogen) atoms. The first-order chi connectivity index (χ1) is 18.9. The lowest BCUT2D eigenvalue weighted by atomic mass is 9.82. The Morgan fingerprint density at radius 2 is 1.52 bits per heavy atom. The summed E-state index contributed by atoms with van der Waals surface area (Å²) >= 11 is 0. The van der Waals surface area contributed by atoms with E-state index in [0.717, 1.165) is 15.7 Å². The molecular formula is C28H36N2O8S2. The minimum Gasteiger partial charge on any atom is -0.480 e. The zero-order valence-electron chi connectivity index (χ0n) is 23.1. The van der Waals surface area contributed by atoms with E-state index in [9.17, 15) is 29.4 Å². The van der Waals surface area contributed by atoms with Crippen LogP contribution in [0.1, 0.15) is 37.6 Å². The summed E-state index contributed by atoms with van der Waals surface area (Å²) in [6, 6.07) is 15.5. The van der Waals surface area contributed by atoms with Gasteiger partial charge in [0.1, 0.15) is 11.6 Å². The molecule has 0 aromatic heterocycles. The number of benzene rings is 2. The van der Waals surface area contributed by atoms with Crippen molar-refractivity contribution in [1.82, 2.24) is 10.6 Å². The number of carbonyl (C=O) groups excluding carboxylic acids is 2. The number of aliphatic carboxylic acids is 2. The van der Waals surface area contributed by atoms with Gasteiger partial charge in [-0.05, 0) is 43.5 Å². The summed E-state index contributed by atoms with van der Waals surface area (Å²) in [7, 11) is 4.94. The lowest BCUT2D eigenvalue weighted by Crippen LogP contribution is -2.74. The molecule has 4 atom stereocenters. The quantitative estimate of drug-likeness (QED) is 0.168. The SMILES string of the molecule is COCC(C)(OC)C(SSc1ccccc1)C(NC(=O)c1ccccc1)(C(=O)O)C(=O)NC(CC(C)C)C(=O)O. The molecule has 0 saturated heterocycles. The van der Waals surface area contributed by atoms with Crippen LogP contribution in [0, 0.1) is 5.92 Å². The Balaban J connectivity index is 2.75. The summed E-state index contributed by atoms with van der Waals surface area (Å²) in [6.07, 6.45) is 0.0413. The first kappa shape index (κ1) is 33.1. The largest absolute Gasteiger partial charge is 0.480 e. The molecule has 0 fully saturated rings. The Bertz CT molecular complexity index is 1150. The molecule has 0 heterocycles. The van der Waals surface area contributed by atoms with Gasteiger partial charge in [-0.15, -0.1) is 0 Å². The van der Waals surface area contributed by atoms with Crippen LogP contribution in [0.15, 0.2) is 65.6 Å². The van der Waals surface area contributed by atoms with Crippen molar-refractivity contribution in [1.29, 1.82) is 0 Å². The molecule has 0 radical (unpaired) electrons. The van der Waals surface area contributed by atoms with Gasteiger partial charge in [-0.3, -0.25) is 9.59 Å². The van der Waals surface area contributed by atoms with Crippen molar-refractivity contribution >= 4 is 45.3 Å². The van der Waals surface area contributed by atoms with Gasteiger partial charge in [0.05, 0.1) is 11.9 Å². The zero-order chi connectivity index (χ0) is 29.9. The zero-order valence-corrected chi connectivity index (χ0v) is 24.7. The third-order valence-electron chi connectivity index (χ3n) is 6.18. The fourth-order valence-electron chi connectivity index (χ4n) is 4.05. The van der Waals surface area contributed by atoms with E-state index in [1.165, 1.54) is 37.1 Å². The Kier molecular flexibility index (Phi) is 12.5. The van der Waals surface area contributed by atoms with E-state index < -0.39 is 46.2 Å². The van der Waals surface area contributed by atoms with Crippen LogP contribution in [-0.4, -0.2) is 77.2 Å². The molecule has 218 valence electrons. The third kappa shape index (κ3) is 8.23. The average Bonchev–Trinajstić information content (AvgIpc) is 2.92. The van der Waals surface area contributed by atoms with E-state index in [-0.39, 0.29) is 24.5 Å². The number of amides is 2. The second-order valence-corrected chi connectivity index (χ2v) is 12.1. The minimum absolute atomic E-state index is 0.0413. The maximum absolute atomic E-state index is 14.1. The summed E-state index contributed by atoms with van der Waals surface area (Å²) in [5, 5.41) is 24.1. The first-order valence-corrected chi connectivity index (χ1v) is 14.7. The topological polar surface area (TPSA) is 151 Å². The lowest BCUT2D eigenvalue weighted by molar-refractivity contribution is -0.157. The van der Waals surface area contributed by atoms with Gasteiger partial charge in [0.25, 0.3) is 11.8 Å². The van der Waals surface area contributed by atoms with Crippen molar-refractivity contribution in [3.8, 4) is 0 Å². The second-order valence-electron chi connectivity index (χ2n) is 9.75. The van der Waals surface area contributed by atoms with Gasteiger partial charge < -0.3 is 30.3 Å². The number of carbonyl (C=O) groups is 4. The molecule has 10 nitrogen and oxygen atoms in total. The van der Waals surface area contributed by atoms with Gasteiger partial charge in [-0.25, -0.2) is 9.59 Å². The summed E-state index contributed by atoms with van der Waals surface area (Å²) in [5.41, 5.74) is -4.02. The standard InChI is InChI=1S/C28H36N2O8S2/c1-18(2)16-21(23(32)33)29-25(34)28(26(35)36,30-22(31)19-12-8-6-9-13-19)24(27(3,38-5)17-37-4)40-39-20-14-10-7-11-15-20/h6-15,18,21,24H,16-17H2,1-5H3,(H,29,34)(H,30,31)(H,32,33)(H,35,36). The number of hydrogen-bond acceptors (Lipinski definition) is 8. The molecule has 0 spiro atoms. The third-order valence-corrected chi connectivity index (χ3v) is 9.23. The molecule has 0 aliphatic carbocycles. The van der Waals surface area contributed by atoms with Crippen molar-refractivity contribution in [3.05, 3.63) is 66.2 Å².